The third-order valence-corrected chi connectivity index (χ3v) is 3.03. The second kappa shape index (κ2) is 8.24. The van der Waals surface area contributed by atoms with E-state index < -0.39 is 0 Å². The summed E-state index contributed by atoms with van der Waals surface area (Å²) in [6.45, 7) is 15.5. The Bertz CT molecular complexity index is 681. The number of hydrogen-bond acceptors (Lipinski definition) is 3. The second-order valence-corrected chi connectivity index (χ2v) is 6.31. The fourth-order valence-electron chi connectivity index (χ4n) is 2.06. The first-order chi connectivity index (χ1) is 11.2. The molecule has 0 atom stereocenters. The van der Waals surface area contributed by atoms with E-state index in [1.54, 1.807) is 13.1 Å². The number of benzene rings is 1. The van der Waals surface area contributed by atoms with Gasteiger partial charge < -0.3 is 5.32 Å². The van der Waals surface area contributed by atoms with Gasteiger partial charge in [0.2, 0.25) is 0 Å². The van der Waals surface area contributed by atoms with Gasteiger partial charge in [-0.1, -0.05) is 30.5 Å². The maximum atomic E-state index is 12.6. The first-order valence-electron chi connectivity index (χ1n) is 7.73. The van der Waals surface area contributed by atoms with E-state index in [0.29, 0.717) is 11.3 Å². The third kappa shape index (κ3) is 5.50. The highest BCUT2D eigenvalue weighted by molar-refractivity contribution is 5.97. The van der Waals surface area contributed by atoms with Gasteiger partial charge in [-0.3, -0.25) is 4.79 Å². The molecule has 1 aromatic rings. The summed E-state index contributed by atoms with van der Waals surface area (Å²) in [7, 11) is 1.58. The van der Waals surface area contributed by atoms with Crippen LogP contribution in [0.1, 0.15) is 43.6 Å². The van der Waals surface area contributed by atoms with Crippen LogP contribution in [0.4, 0.5) is 5.69 Å². The average molecular weight is 326 g/mol. The summed E-state index contributed by atoms with van der Waals surface area (Å²) in [6.07, 6.45) is 5.33. The molecule has 24 heavy (non-hydrogen) atoms. The van der Waals surface area contributed by atoms with Crippen molar-refractivity contribution in [2.75, 3.05) is 12.1 Å². The van der Waals surface area contributed by atoms with Crippen LogP contribution in [0.25, 0.3) is 5.57 Å². The average Bonchev–Trinajstić information content (AvgIpc) is 2.50. The maximum absolute atomic E-state index is 12.6. The van der Waals surface area contributed by atoms with E-state index in [0.717, 1.165) is 11.1 Å². The van der Waals surface area contributed by atoms with Crippen molar-refractivity contribution in [3.05, 3.63) is 60.8 Å². The van der Waals surface area contributed by atoms with E-state index in [1.807, 2.05) is 52.0 Å². The first-order valence-corrected chi connectivity index (χ1v) is 7.73. The molecule has 1 N–H and O–H groups in total. The summed E-state index contributed by atoms with van der Waals surface area (Å²) < 4.78 is 0. The molecule has 1 aromatic carbocycles. The first kappa shape index (κ1) is 19.4. The summed E-state index contributed by atoms with van der Waals surface area (Å²) in [6, 6.07) is 5.47. The van der Waals surface area contributed by atoms with Crippen LogP contribution in [-0.2, 0) is 0 Å². The minimum Gasteiger partial charge on any atom is -0.347 e. The highest BCUT2D eigenvalue weighted by Crippen LogP contribution is 2.25. The minimum absolute atomic E-state index is 0.156. The van der Waals surface area contributed by atoms with Gasteiger partial charge >= 0.3 is 0 Å². The molecule has 5 heteroatoms. The van der Waals surface area contributed by atoms with Gasteiger partial charge in [-0.25, -0.2) is 5.01 Å². The Morgan fingerprint density at radius 3 is 2.38 bits per heavy atom. The Morgan fingerprint density at radius 1 is 1.25 bits per heavy atom. The van der Waals surface area contributed by atoms with Gasteiger partial charge in [-0.2, -0.15) is 5.11 Å². The van der Waals surface area contributed by atoms with E-state index in [-0.39, 0.29) is 11.4 Å². The zero-order chi connectivity index (χ0) is 18.3. The summed E-state index contributed by atoms with van der Waals surface area (Å²) in [5.74, 6) is -0.156. The molecule has 0 fully saturated rings. The minimum atomic E-state index is -0.325. The van der Waals surface area contributed by atoms with E-state index >= 15 is 0 Å². The molecule has 5 nitrogen and oxygen atoms in total. The molecule has 0 radical (unpaired) electrons. The van der Waals surface area contributed by atoms with Gasteiger partial charge in [-0.05, 0) is 57.0 Å². The van der Waals surface area contributed by atoms with Crippen molar-refractivity contribution < 1.29 is 4.79 Å². The van der Waals surface area contributed by atoms with Crippen LogP contribution < -0.4 is 10.3 Å². The molecular formula is C19H26N4O. The standard InChI is InChI=1S/C19H26N4O/c1-8-10-14(3)15-11-16(18(24)21-19(4,5)6)13-17(12-15)23(9-2)22-20-7/h8-13H,2-3H2,1,4-7H3,(H,21,24)/b10-8-,22-20-. The van der Waals surface area contributed by atoms with E-state index in [9.17, 15) is 4.79 Å². The molecule has 1 amide bonds. The molecular weight excluding hydrogens is 300 g/mol. The summed E-state index contributed by atoms with van der Waals surface area (Å²) in [5.41, 5.74) is 2.54. The van der Waals surface area contributed by atoms with E-state index in [1.165, 1.54) is 11.2 Å². The van der Waals surface area contributed by atoms with Crippen molar-refractivity contribution in [3.63, 3.8) is 0 Å². The van der Waals surface area contributed by atoms with E-state index in [2.05, 4.69) is 28.8 Å². The highest BCUT2D eigenvalue weighted by atomic mass is 16.1. The molecule has 0 aliphatic rings. The predicted octanol–water partition coefficient (Wildman–Crippen LogP) is 4.75. The third-order valence-electron chi connectivity index (χ3n) is 3.03. The van der Waals surface area contributed by atoms with Gasteiger partial charge in [0, 0.05) is 17.3 Å². The predicted molar refractivity (Wildman–Crippen MR) is 101 cm³/mol. The molecule has 0 aliphatic heterocycles. The van der Waals surface area contributed by atoms with Crippen LogP contribution in [0.15, 0.2) is 60.0 Å². The Kier molecular flexibility index (Phi) is 6.65. The number of carbonyl (C=O) groups excluding carboxylic acids is 1. The molecule has 0 heterocycles. The van der Waals surface area contributed by atoms with Crippen LogP contribution in [0.5, 0.6) is 0 Å². The Labute approximate surface area is 144 Å². The lowest BCUT2D eigenvalue weighted by atomic mass is 10.0. The molecule has 0 saturated carbocycles. The van der Waals surface area contributed by atoms with Crippen molar-refractivity contribution >= 4 is 17.2 Å². The van der Waals surface area contributed by atoms with Gasteiger partial charge in [0.05, 0.1) is 12.7 Å². The SMILES string of the molecule is C=CN(/N=N\C)c1cc(C(=C)/C=C\C)cc(C(=O)NC(C)(C)C)c1. The largest absolute Gasteiger partial charge is 0.347 e. The zero-order valence-corrected chi connectivity index (χ0v) is 15.1. The van der Waals surface area contributed by atoms with Gasteiger partial charge in [0.1, 0.15) is 0 Å². The fraction of sp³-hybridized carbons (Fsp3) is 0.316. The van der Waals surface area contributed by atoms with Crippen LogP contribution in [0, 0.1) is 0 Å². The molecule has 0 saturated heterocycles. The number of rotatable bonds is 6. The quantitative estimate of drug-likeness (QED) is 0.466. The topological polar surface area (TPSA) is 57.1 Å². The molecule has 0 aliphatic carbocycles. The lowest BCUT2D eigenvalue weighted by molar-refractivity contribution is 0.0919. The monoisotopic (exact) mass is 326 g/mol. The van der Waals surface area contributed by atoms with Crippen molar-refractivity contribution in [1.29, 1.82) is 0 Å². The maximum Gasteiger partial charge on any atom is 0.251 e. The van der Waals surface area contributed by atoms with Crippen LogP contribution >= 0.6 is 0 Å². The Hall–Kier alpha value is -2.69. The molecule has 0 unspecified atom stereocenters. The molecule has 1 rings (SSSR count). The van der Waals surface area contributed by atoms with Crippen molar-refractivity contribution in [3.8, 4) is 0 Å². The van der Waals surface area contributed by atoms with Crippen LogP contribution in [-0.4, -0.2) is 18.5 Å². The van der Waals surface area contributed by atoms with Crippen LogP contribution in [0.3, 0.4) is 0 Å². The lowest BCUT2D eigenvalue weighted by Gasteiger charge is -2.22. The molecule has 0 spiro atoms. The Balaban J connectivity index is 3.42. The smallest absolute Gasteiger partial charge is 0.251 e. The van der Waals surface area contributed by atoms with Crippen LogP contribution in [0.2, 0.25) is 0 Å². The Morgan fingerprint density at radius 2 is 1.88 bits per heavy atom. The number of allylic oxidation sites excluding steroid dienone is 3. The number of hydrogen-bond donors (Lipinski definition) is 1. The lowest BCUT2D eigenvalue weighted by Crippen LogP contribution is -2.40. The summed E-state index contributed by atoms with van der Waals surface area (Å²) in [5, 5.41) is 12.2. The number of nitrogens with zero attached hydrogens (tertiary/aromatic N) is 3. The molecule has 0 bridgehead atoms. The summed E-state index contributed by atoms with van der Waals surface area (Å²) in [4.78, 5) is 12.6. The number of anilines is 1. The van der Waals surface area contributed by atoms with Gasteiger partial charge in [-0.15, -0.1) is 0 Å². The number of nitrogens with one attached hydrogen (secondary N) is 1. The summed E-state index contributed by atoms with van der Waals surface area (Å²) >= 11 is 0. The van der Waals surface area contributed by atoms with Crippen molar-refractivity contribution in [2.24, 2.45) is 10.3 Å². The molecule has 128 valence electrons. The normalized spacial score (nSPS) is 11.7. The van der Waals surface area contributed by atoms with Crippen molar-refractivity contribution in [2.45, 2.75) is 33.2 Å². The van der Waals surface area contributed by atoms with Gasteiger partial charge in [0.25, 0.3) is 5.91 Å². The van der Waals surface area contributed by atoms with Crippen molar-refractivity contribution in [1.82, 2.24) is 5.32 Å². The molecule has 0 aromatic heterocycles. The number of carbonyl (C=O) groups is 1. The highest BCUT2D eigenvalue weighted by Gasteiger charge is 2.17. The fourth-order valence-corrected chi connectivity index (χ4v) is 2.06. The number of amides is 1. The zero-order valence-electron chi connectivity index (χ0n) is 15.1. The van der Waals surface area contributed by atoms with E-state index in [4.69, 9.17) is 0 Å². The van der Waals surface area contributed by atoms with Gasteiger partial charge in [0.15, 0.2) is 0 Å². The second-order valence-electron chi connectivity index (χ2n) is 6.31.